The Bertz CT molecular complexity index is 570. The Morgan fingerprint density at radius 3 is 2.89 bits per heavy atom. The van der Waals surface area contributed by atoms with Gasteiger partial charge in [0.15, 0.2) is 5.75 Å². The number of hydrogen-bond acceptors (Lipinski definition) is 4. The summed E-state index contributed by atoms with van der Waals surface area (Å²) < 4.78 is 0. The van der Waals surface area contributed by atoms with E-state index in [1.54, 1.807) is 24.5 Å². The van der Waals surface area contributed by atoms with Crippen molar-refractivity contribution >= 4 is 11.6 Å². The monoisotopic (exact) mass is 257 g/mol. The van der Waals surface area contributed by atoms with Crippen molar-refractivity contribution in [1.29, 1.82) is 0 Å². The fraction of sp³-hybridized carbons (Fsp3) is 0.143. The summed E-state index contributed by atoms with van der Waals surface area (Å²) in [7, 11) is 0. The number of para-hydroxylation sites is 1. The molecule has 0 aliphatic rings. The van der Waals surface area contributed by atoms with Gasteiger partial charge in [0.1, 0.15) is 0 Å². The molecule has 4 N–H and O–H groups in total. The van der Waals surface area contributed by atoms with E-state index in [0.717, 1.165) is 5.56 Å². The van der Waals surface area contributed by atoms with Gasteiger partial charge < -0.3 is 16.2 Å². The van der Waals surface area contributed by atoms with E-state index in [0.29, 0.717) is 13.0 Å². The fourth-order valence-corrected chi connectivity index (χ4v) is 1.71. The summed E-state index contributed by atoms with van der Waals surface area (Å²) in [6.07, 6.45) is 4.14. The number of carbonyl (C=O) groups excluding carboxylic acids is 1. The van der Waals surface area contributed by atoms with Gasteiger partial charge in [-0.3, -0.25) is 9.78 Å². The molecule has 5 heteroatoms. The molecular weight excluding hydrogens is 242 g/mol. The van der Waals surface area contributed by atoms with E-state index in [2.05, 4.69) is 10.3 Å². The van der Waals surface area contributed by atoms with Crippen LogP contribution in [0, 0.1) is 0 Å². The maximum atomic E-state index is 11.9. The van der Waals surface area contributed by atoms with E-state index in [-0.39, 0.29) is 22.9 Å². The molecule has 1 aromatic carbocycles. The first-order chi connectivity index (χ1) is 9.18. The number of aromatic nitrogens is 1. The average Bonchev–Trinajstić information content (AvgIpc) is 2.43. The Hall–Kier alpha value is -2.56. The molecule has 98 valence electrons. The second-order valence-corrected chi connectivity index (χ2v) is 4.11. The number of nitrogens with two attached hydrogens (primary N) is 1. The Morgan fingerprint density at radius 1 is 1.32 bits per heavy atom. The summed E-state index contributed by atoms with van der Waals surface area (Å²) in [5, 5.41) is 12.4. The predicted octanol–water partition coefficient (Wildman–Crippen LogP) is 1.34. The molecular formula is C14H15N3O2. The molecule has 0 saturated heterocycles. The molecule has 0 fully saturated rings. The minimum atomic E-state index is -0.339. The third-order valence-electron chi connectivity index (χ3n) is 2.73. The normalized spacial score (nSPS) is 10.1. The minimum Gasteiger partial charge on any atom is -0.505 e. The molecule has 0 bridgehead atoms. The van der Waals surface area contributed by atoms with Crippen LogP contribution in [0.15, 0.2) is 42.7 Å². The molecule has 0 unspecified atom stereocenters. The molecule has 0 aliphatic heterocycles. The van der Waals surface area contributed by atoms with Gasteiger partial charge in [-0.25, -0.2) is 0 Å². The van der Waals surface area contributed by atoms with Crippen LogP contribution in [0.2, 0.25) is 0 Å². The number of anilines is 1. The second kappa shape index (κ2) is 5.86. The van der Waals surface area contributed by atoms with Crippen molar-refractivity contribution in [3.8, 4) is 5.75 Å². The summed E-state index contributed by atoms with van der Waals surface area (Å²) in [4.78, 5) is 15.9. The number of rotatable bonds is 4. The van der Waals surface area contributed by atoms with Gasteiger partial charge in [-0.15, -0.1) is 0 Å². The van der Waals surface area contributed by atoms with Gasteiger partial charge in [0, 0.05) is 18.9 Å². The van der Waals surface area contributed by atoms with Gasteiger partial charge in [0.05, 0.1) is 11.3 Å². The van der Waals surface area contributed by atoms with Crippen LogP contribution in [0.1, 0.15) is 15.9 Å². The van der Waals surface area contributed by atoms with E-state index >= 15 is 0 Å². The number of carbonyl (C=O) groups is 1. The Morgan fingerprint density at radius 2 is 2.16 bits per heavy atom. The number of nitrogens with one attached hydrogen (secondary N) is 1. The second-order valence-electron chi connectivity index (χ2n) is 4.11. The van der Waals surface area contributed by atoms with Crippen molar-refractivity contribution in [1.82, 2.24) is 10.3 Å². The first-order valence-electron chi connectivity index (χ1n) is 5.93. The summed E-state index contributed by atoms with van der Waals surface area (Å²) in [5.74, 6) is -0.518. The fourth-order valence-electron chi connectivity index (χ4n) is 1.71. The Balaban J connectivity index is 1.93. The van der Waals surface area contributed by atoms with Crippen molar-refractivity contribution in [3.63, 3.8) is 0 Å². The molecule has 0 spiro atoms. The number of amides is 1. The molecule has 1 aromatic heterocycles. The number of pyridine rings is 1. The summed E-state index contributed by atoms with van der Waals surface area (Å²) in [5.41, 5.74) is 6.96. The van der Waals surface area contributed by atoms with Crippen LogP contribution in [0.5, 0.6) is 5.75 Å². The quantitative estimate of drug-likeness (QED) is 0.569. The van der Waals surface area contributed by atoms with Crippen LogP contribution < -0.4 is 11.1 Å². The molecule has 2 rings (SSSR count). The van der Waals surface area contributed by atoms with Gasteiger partial charge in [0.2, 0.25) is 0 Å². The molecule has 0 atom stereocenters. The van der Waals surface area contributed by atoms with E-state index < -0.39 is 0 Å². The number of aromatic hydroxyl groups is 1. The number of nitrogen functional groups attached to an aromatic ring is 1. The number of phenols is 1. The third-order valence-corrected chi connectivity index (χ3v) is 2.73. The first kappa shape index (κ1) is 12.9. The highest BCUT2D eigenvalue weighted by Gasteiger charge is 2.12. The molecule has 0 radical (unpaired) electrons. The molecule has 5 nitrogen and oxygen atoms in total. The molecule has 2 aromatic rings. The van der Waals surface area contributed by atoms with E-state index in [9.17, 15) is 9.90 Å². The van der Waals surface area contributed by atoms with Crippen LogP contribution in [0.25, 0.3) is 0 Å². The molecule has 1 amide bonds. The summed E-state index contributed by atoms with van der Waals surface area (Å²) >= 11 is 0. The predicted molar refractivity (Wildman–Crippen MR) is 72.8 cm³/mol. The van der Waals surface area contributed by atoms with E-state index in [1.807, 2.05) is 12.1 Å². The standard InChI is InChI=1S/C14H15N3O2/c15-12-5-1-4-11(13(12)18)14(19)17-8-6-10-3-2-7-16-9-10/h1-5,7,9,18H,6,8,15H2,(H,17,19). The third kappa shape index (κ3) is 3.22. The van der Waals surface area contributed by atoms with Gasteiger partial charge in [-0.05, 0) is 30.2 Å². The number of phenolic OH excluding ortho intramolecular Hbond substituents is 1. The lowest BCUT2D eigenvalue weighted by Crippen LogP contribution is -2.25. The molecule has 1 heterocycles. The topological polar surface area (TPSA) is 88.2 Å². The van der Waals surface area contributed by atoms with Crippen LogP contribution in [-0.2, 0) is 6.42 Å². The van der Waals surface area contributed by atoms with Crippen LogP contribution in [-0.4, -0.2) is 22.5 Å². The van der Waals surface area contributed by atoms with Crippen molar-refractivity contribution < 1.29 is 9.90 Å². The SMILES string of the molecule is Nc1cccc(C(=O)NCCc2cccnc2)c1O. The van der Waals surface area contributed by atoms with Gasteiger partial charge >= 0.3 is 0 Å². The van der Waals surface area contributed by atoms with Gasteiger partial charge in [0.25, 0.3) is 5.91 Å². The van der Waals surface area contributed by atoms with Crippen LogP contribution in [0.4, 0.5) is 5.69 Å². The van der Waals surface area contributed by atoms with Crippen LogP contribution in [0.3, 0.4) is 0 Å². The summed E-state index contributed by atoms with van der Waals surface area (Å²) in [6, 6.07) is 8.50. The lowest BCUT2D eigenvalue weighted by molar-refractivity contribution is 0.0951. The lowest BCUT2D eigenvalue weighted by Gasteiger charge is -2.08. The van der Waals surface area contributed by atoms with E-state index in [4.69, 9.17) is 5.73 Å². The molecule has 0 aliphatic carbocycles. The highest BCUT2D eigenvalue weighted by Crippen LogP contribution is 2.23. The zero-order valence-electron chi connectivity index (χ0n) is 10.3. The maximum Gasteiger partial charge on any atom is 0.255 e. The largest absolute Gasteiger partial charge is 0.505 e. The molecule has 0 saturated carbocycles. The van der Waals surface area contributed by atoms with Crippen molar-refractivity contribution in [2.75, 3.05) is 12.3 Å². The first-order valence-corrected chi connectivity index (χ1v) is 5.93. The van der Waals surface area contributed by atoms with Gasteiger partial charge in [-0.1, -0.05) is 12.1 Å². The zero-order valence-corrected chi connectivity index (χ0v) is 10.3. The maximum absolute atomic E-state index is 11.9. The highest BCUT2D eigenvalue weighted by molar-refractivity contribution is 5.98. The Kier molecular flexibility index (Phi) is 3.97. The van der Waals surface area contributed by atoms with E-state index in [1.165, 1.54) is 6.07 Å². The molecule has 19 heavy (non-hydrogen) atoms. The summed E-state index contributed by atoms with van der Waals surface area (Å²) in [6.45, 7) is 0.471. The van der Waals surface area contributed by atoms with Crippen molar-refractivity contribution in [3.05, 3.63) is 53.9 Å². The highest BCUT2D eigenvalue weighted by atomic mass is 16.3. The van der Waals surface area contributed by atoms with Crippen LogP contribution >= 0.6 is 0 Å². The number of benzene rings is 1. The van der Waals surface area contributed by atoms with Crippen molar-refractivity contribution in [2.45, 2.75) is 6.42 Å². The smallest absolute Gasteiger partial charge is 0.255 e. The van der Waals surface area contributed by atoms with Crippen molar-refractivity contribution in [2.24, 2.45) is 0 Å². The zero-order chi connectivity index (χ0) is 13.7. The van der Waals surface area contributed by atoms with Gasteiger partial charge in [-0.2, -0.15) is 0 Å². The number of hydrogen-bond donors (Lipinski definition) is 3. The lowest BCUT2D eigenvalue weighted by atomic mass is 10.1. The average molecular weight is 257 g/mol. The Labute approximate surface area is 111 Å². The number of nitrogens with zero attached hydrogens (tertiary/aromatic N) is 1. The minimum absolute atomic E-state index is 0.179.